The summed E-state index contributed by atoms with van der Waals surface area (Å²) < 4.78 is 22.5. The Morgan fingerprint density at radius 1 is 1.43 bits per heavy atom. The van der Waals surface area contributed by atoms with Crippen LogP contribution in [-0.2, 0) is 16.1 Å². The van der Waals surface area contributed by atoms with Crippen molar-refractivity contribution in [1.29, 1.82) is 0 Å². The average molecular weight is 214 g/mol. The molecule has 4 nitrogen and oxygen atoms in total. The minimum absolute atomic E-state index is 0.378. The van der Waals surface area contributed by atoms with E-state index in [4.69, 9.17) is 4.84 Å². The fourth-order valence-corrected chi connectivity index (χ4v) is 1.38. The third kappa shape index (κ3) is 3.10. The summed E-state index contributed by atoms with van der Waals surface area (Å²) in [6.07, 6.45) is 0.764. The molecule has 0 aliphatic rings. The van der Waals surface area contributed by atoms with E-state index < -0.39 is 11.3 Å². The summed E-state index contributed by atoms with van der Waals surface area (Å²) in [5.74, 6) is 0. The van der Waals surface area contributed by atoms with Crippen LogP contribution in [0.2, 0.25) is 0 Å². The summed E-state index contributed by atoms with van der Waals surface area (Å²) in [4.78, 5) is 5.06. The third-order valence-corrected chi connectivity index (χ3v) is 2.10. The van der Waals surface area contributed by atoms with Gasteiger partial charge in [0.05, 0.1) is 23.6 Å². The molecule has 0 saturated carbocycles. The number of rotatable bonds is 5. The van der Waals surface area contributed by atoms with Gasteiger partial charge in [-0.2, -0.15) is 4.47 Å². The molecule has 0 amide bonds. The van der Waals surface area contributed by atoms with Crippen molar-refractivity contribution in [2.45, 2.75) is 13.3 Å². The molecule has 1 unspecified atom stereocenters. The van der Waals surface area contributed by atoms with Crippen molar-refractivity contribution in [1.82, 2.24) is 0 Å². The Balaban J connectivity index is 2.73. The fraction of sp³-hybridized carbons (Fsp3) is 0.333. The molecule has 0 radical (unpaired) electrons. The first-order valence-electron chi connectivity index (χ1n) is 4.33. The Labute approximate surface area is 85.9 Å². The first kappa shape index (κ1) is 11.2. The van der Waals surface area contributed by atoms with E-state index >= 15 is 0 Å². The number of nitrogens with zero attached hydrogens (tertiary/aromatic N) is 1. The first-order valence-corrected chi connectivity index (χ1v) is 5.36. The van der Waals surface area contributed by atoms with Gasteiger partial charge in [0.1, 0.15) is 0 Å². The Morgan fingerprint density at radius 3 is 2.57 bits per heavy atom. The molecular formula is C9H12NO3S-. The van der Waals surface area contributed by atoms with Gasteiger partial charge >= 0.3 is 0 Å². The molecule has 0 bridgehead atoms. The van der Waals surface area contributed by atoms with Crippen molar-refractivity contribution in [3.63, 3.8) is 0 Å². The zero-order chi connectivity index (χ0) is 10.4. The molecule has 78 valence electrons. The average Bonchev–Trinajstić information content (AvgIpc) is 2.19. The highest BCUT2D eigenvalue weighted by atomic mass is 32.2. The van der Waals surface area contributed by atoms with Gasteiger partial charge in [0, 0.05) is 0 Å². The molecule has 0 aliphatic heterocycles. The second kappa shape index (κ2) is 5.74. The Bertz CT molecular complexity index is 291. The van der Waals surface area contributed by atoms with Gasteiger partial charge in [0.15, 0.2) is 0 Å². The van der Waals surface area contributed by atoms with Crippen LogP contribution in [-0.4, -0.2) is 15.4 Å². The monoisotopic (exact) mass is 214 g/mol. The quantitative estimate of drug-likeness (QED) is 0.553. The summed E-state index contributed by atoms with van der Waals surface area (Å²) >= 11 is -2.39. The van der Waals surface area contributed by atoms with Crippen LogP contribution in [0, 0.1) is 0 Å². The summed E-state index contributed by atoms with van der Waals surface area (Å²) in [5.41, 5.74) is 0.509. The van der Waals surface area contributed by atoms with E-state index in [-0.39, 0.29) is 0 Å². The molecule has 0 aliphatic carbocycles. The molecule has 1 aromatic carbocycles. The predicted molar refractivity (Wildman–Crippen MR) is 54.1 cm³/mol. The maximum Gasteiger partial charge on any atom is 0.0781 e. The first-order chi connectivity index (χ1) is 6.75. The van der Waals surface area contributed by atoms with Gasteiger partial charge < -0.3 is 4.55 Å². The summed E-state index contributed by atoms with van der Waals surface area (Å²) in [5, 5.41) is 0. The predicted octanol–water partition coefficient (Wildman–Crippen LogP) is 1.63. The SMILES string of the molecule is CCCON(c1ccccc1)S(=O)[O-]. The smallest absolute Gasteiger partial charge is 0.0781 e. The topological polar surface area (TPSA) is 52.6 Å². The normalized spacial score (nSPS) is 12.4. The minimum atomic E-state index is -2.39. The molecule has 5 heteroatoms. The highest BCUT2D eigenvalue weighted by Gasteiger charge is 2.05. The van der Waals surface area contributed by atoms with E-state index in [0.717, 1.165) is 10.9 Å². The fourth-order valence-electron chi connectivity index (χ4n) is 0.928. The molecule has 0 N–H and O–H groups in total. The summed E-state index contributed by atoms with van der Waals surface area (Å²) in [6.45, 7) is 2.29. The van der Waals surface area contributed by atoms with Gasteiger partial charge in [0.2, 0.25) is 0 Å². The third-order valence-electron chi connectivity index (χ3n) is 1.52. The van der Waals surface area contributed by atoms with Gasteiger partial charge in [-0.25, -0.2) is 4.21 Å². The van der Waals surface area contributed by atoms with Gasteiger partial charge in [-0.3, -0.25) is 4.84 Å². The van der Waals surface area contributed by atoms with Crippen molar-refractivity contribution in [2.24, 2.45) is 0 Å². The van der Waals surface area contributed by atoms with Gasteiger partial charge in [-0.15, -0.1) is 0 Å². The Hall–Kier alpha value is -0.910. The van der Waals surface area contributed by atoms with E-state index in [1.165, 1.54) is 0 Å². The van der Waals surface area contributed by atoms with E-state index in [1.807, 2.05) is 13.0 Å². The molecule has 0 saturated heterocycles. The van der Waals surface area contributed by atoms with E-state index in [1.54, 1.807) is 24.3 Å². The molecule has 0 heterocycles. The maximum absolute atomic E-state index is 10.8. The van der Waals surface area contributed by atoms with E-state index in [0.29, 0.717) is 12.3 Å². The second-order valence-corrected chi connectivity index (χ2v) is 3.41. The lowest BCUT2D eigenvalue weighted by molar-refractivity contribution is 0.147. The number of hydrogen-bond acceptors (Lipinski definition) is 3. The van der Waals surface area contributed by atoms with Crippen LogP contribution >= 0.6 is 0 Å². The lowest BCUT2D eigenvalue weighted by Gasteiger charge is -2.24. The second-order valence-electron chi connectivity index (χ2n) is 2.64. The van der Waals surface area contributed by atoms with Crippen LogP contribution in [0.1, 0.15) is 13.3 Å². The van der Waals surface area contributed by atoms with Gasteiger partial charge in [-0.05, 0) is 18.6 Å². The molecule has 1 rings (SSSR count). The van der Waals surface area contributed by atoms with Gasteiger partial charge in [0.25, 0.3) is 0 Å². The van der Waals surface area contributed by atoms with Crippen molar-refractivity contribution < 1.29 is 13.6 Å². The van der Waals surface area contributed by atoms with Crippen molar-refractivity contribution in [3.05, 3.63) is 30.3 Å². The lowest BCUT2D eigenvalue weighted by atomic mass is 10.3. The van der Waals surface area contributed by atoms with Crippen LogP contribution in [0.25, 0.3) is 0 Å². The molecule has 0 spiro atoms. The highest BCUT2D eigenvalue weighted by molar-refractivity contribution is 7.80. The number of para-hydroxylation sites is 1. The molecule has 0 fully saturated rings. The van der Waals surface area contributed by atoms with E-state index in [9.17, 15) is 8.76 Å². The Morgan fingerprint density at radius 2 is 2.07 bits per heavy atom. The van der Waals surface area contributed by atoms with Crippen LogP contribution in [0.5, 0.6) is 0 Å². The van der Waals surface area contributed by atoms with Crippen LogP contribution in [0.4, 0.5) is 5.69 Å². The zero-order valence-corrected chi connectivity index (χ0v) is 8.70. The van der Waals surface area contributed by atoms with Crippen molar-refractivity contribution in [3.8, 4) is 0 Å². The van der Waals surface area contributed by atoms with Crippen LogP contribution < -0.4 is 4.47 Å². The highest BCUT2D eigenvalue weighted by Crippen LogP contribution is 2.14. The number of hydrogen-bond donors (Lipinski definition) is 0. The van der Waals surface area contributed by atoms with Gasteiger partial charge in [-0.1, -0.05) is 25.1 Å². The van der Waals surface area contributed by atoms with Crippen LogP contribution in [0.3, 0.4) is 0 Å². The zero-order valence-electron chi connectivity index (χ0n) is 7.88. The minimum Gasteiger partial charge on any atom is -0.753 e. The molecule has 1 aromatic rings. The maximum atomic E-state index is 10.8. The summed E-state index contributed by atoms with van der Waals surface area (Å²) in [7, 11) is 0. The standard InChI is InChI=1S/C9H13NO3S/c1-2-8-13-10(14(11)12)9-6-4-3-5-7-9/h3-7H,2,8H2,1H3,(H,11,12)/p-1. The molecule has 14 heavy (non-hydrogen) atoms. The lowest BCUT2D eigenvalue weighted by Crippen LogP contribution is -2.25. The number of benzene rings is 1. The molecular weight excluding hydrogens is 202 g/mol. The Kier molecular flexibility index (Phi) is 4.58. The van der Waals surface area contributed by atoms with E-state index in [2.05, 4.69) is 0 Å². The van der Waals surface area contributed by atoms with Crippen LogP contribution in [0.15, 0.2) is 30.3 Å². The number of anilines is 1. The molecule has 0 aromatic heterocycles. The largest absolute Gasteiger partial charge is 0.753 e. The van der Waals surface area contributed by atoms with Crippen molar-refractivity contribution in [2.75, 3.05) is 11.1 Å². The summed E-state index contributed by atoms with van der Waals surface area (Å²) in [6, 6.07) is 8.67. The molecule has 1 atom stereocenters. The van der Waals surface area contributed by atoms with Crippen molar-refractivity contribution >= 4 is 17.0 Å².